The van der Waals surface area contributed by atoms with Crippen LogP contribution in [0.5, 0.6) is 0 Å². The smallest absolute Gasteiger partial charge is 0.228 e. The number of amides is 1. The minimum absolute atomic E-state index is 0.103. The molecule has 4 heteroatoms. The van der Waals surface area contributed by atoms with Crippen molar-refractivity contribution in [3.05, 3.63) is 35.6 Å². The van der Waals surface area contributed by atoms with E-state index in [1.54, 1.807) is 12.1 Å². The number of nitrogens with zero attached hydrogens (tertiary/aromatic N) is 2. The van der Waals surface area contributed by atoms with Crippen molar-refractivity contribution in [2.24, 2.45) is 11.3 Å². The minimum Gasteiger partial charge on any atom is -0.337 e. The lowest BCUT2D eigenvalue weighted by Crippen LogP contribution is -2.61. The summed E-state index contributed by atoms with van der Waals surface area (Å²) in [5, 5.41) is 0. The van der Waals surface area contributed by atoms with Crippen molar-refractivity contribution >= 4 is 5.91 Å². The van der Waals surface area contributed by atoms with Crippen LogP contribution in [0.1, 0.15) is 44.1 Å². The van der Waals surface area contributed by atoms with Crippen molar-refractivity contribution < 1.29 is 9.18 Å². The van der Waals surface area contributed by atoms with E-state index in [9.17, 15) is 9.18 Å². The van der Waals surface area contributed by atoms with Crippen molar-refractivity contribution in [2.75, 3.05) is 19.6 Å². The lowest BCUT2D eigenvalue weighted by atomic mass is 9.75. The molecule has 0 unspecified atom stereocenters. The molecule has 2 bridgehead atoms. The van der Waals surface area contributed by atoms with Crippen LogP contribution in [0.3, 0.4) is 0 Å². The summed E-state index contributed by atoms with van der Waals surface area (Å²) < 4.78 is 13.4. The molecule has 1 amide bonds. The molecule has 24 heavy (non-hydrogen) atoms. The Morgan fingerprint density at radius 2 is 1.79 bits per heavy atom. The largest absolute Gasteiger partial charge is 0.337 e. The van der Waals surface area contributed by atoms with Crippen LogP contribution in [0.15, 0.2) is 24.3 Å². The average Bonchev–Trinajstić information content (AvgIpc) is 3.22. The van der Waals surface area contributed by atoms with Crippen molar-refractivity contribution in [3.63, 3.8) is 0 Å². The third-order valence-corrected chi connectivity index (χ3v) is 7.07. The average molecular weight is 328 g/mol. The van der Waals surface area contributed by atoms with E-state index in [0.717, 1.165) is 32.5 Å². The monoisotopic (exact) mass is 328 g/mol. The second-order valence-electron chi connectivity index (χ2n) is 8.53. The predicted octanol–water partition coefficient (Wildman–Crippen LogP) is 3.01. The zero-order valence-corrected chi connectivity index (χ0v) is 14.2. The Hall–Kier alpha value is -1.42. The predicted molar refractivity (Wildman–Crippen MR) is 90.1 cm³/mol. The van der Waals surface area contributed by atoms with Crippen LogP contribution >= 0.6 is 0 Å². The van der Waals surface area contributed by atoms with Gasteiger partial charge in [-0.05, 0) is 62.4 Å². The quantitative estimate of drug-likeness (QED) is 0.833. The zero-order chi connectivity index (χ0) is 16.5. The Morgan fingerprint density at radius 3 is 2.42 bits per heavy atom. The summed E-state index contributed by atoms with van der Waals surface area (Å²) in [6, 6.07) is 7.77. The van der Waals surface area contributed by atoms with Crippen LogP contribution in [-0.4, -0.2) is 47.4 Å². The summed E-state index contributed by atoms with van der Waals surface area (Å²) in [6.45, 7) is 5.24. The Kier molecular flexibility index (Phi) is 3.13. The second-order valence-corrected chi connectivity index (χ2v) is 8.53. The van der Waals surface area contributed by atoms with Gasteiger partial charge in [0.15, 0.2) is 0 Å². The van der Waals surface area contributed by atoms with Gasteiger partial charge in [-0.2, -0.15) is 0 Å². The number of hydrogen-bond acceptors (Lipinski definition) is 2. The van der Waals surface area contributed by atoms with Crippen LogP contribution in [-0.2, 0) is 4.79 Å². The number of benzene rings is 1. The first-order chi connectivity index (χ1) is 11.6. The lowest BCUT2D eigenvalue weighted by molar-refractivity contribution is -0.141. The molecule has 4 heterocycles. The number of hydrogen-bond donors (Lipinski definition) is 0. The summed E-state index contributed by atoms with van der Waals surface area (Å²) in [5.74, 6) is 1.16. The molecule has 1 aromatic carbocycles. The van der Waals surface area contributed by atoms with E-state index in [1.807, 2.05) is 12.1 Å². The maximum Gasteiger partial charge on any atom is 0.228 e. The Bertz CT molecular complexity index is 661. The molecule has 6 rings (SSSR count). The summed E-state index contributed by atoms with van der Waals surface area (Å²) >= 11 is 0. The number of fused-ring (bicyclic) bond motifs is 2. The highest BCUT2D eigenvalue weighted by molar-refractivity contribution is 5.85. The standard InChI is InChI=1S/C20H25FN2O/c1-20(8-9-20)19(24)23-12-16(13-2-4-15(21)5-3-13)18-17(23)14-6-10-22(18)11-7-14/h2-5,14,16-18H,6-12H2,1H3/t16-,17+,18+/m0/s1. The van der Waals surface area contributed by atoms with E-state index in [1.165, 1.54) is 18.4 Å². The highest BCUT2D eigenvalue weighted by Gasteiger charge is 2.58. The van der Waals surface area contributed by atoms with Gasteiger partial charge in [-0.25, -0.2) is 4.39 Å². The molecule has 4 saturated heterocycles. The summed E-state index contributed by atoms with van der Waals surface area (Å²) in [6.07, 6.45) is 4.51. The molecule has 0 spiro atoms. The van der Waals surface area contributed by atoms with Crippen molar-refractivity contribution in [1.82, 2.24) is 9.80 Å². The molecule has 1 aliphatic carbocycles. The number of halogens is 1. The van der Waals surface area contributed by atoms with Gasteiger partial charge in [0.1, 0.15) is 5.82 Å². The number of carbonyl (C=O) groups excluding carboxylic acids is 1. The van der Waals surface area contributed by atoms with Crippen LogP contribution in [0.2, 0.25) is 0 Å². The van der Waals surface area contributed by atoms with Gasteiger partial charge in [0.05, 0.1) is 6.04 Å². The van der Waals surface area contributed by atoms with E-state index in [-0.39, 0.29) is 11.2 Å². The second kappa shape index (κ2) is 5.04. The highest BCUT2D eigenvalue weighted by atomic mass is 19.1. The molecule has 3 nitrogen and oxygen atoms in total. The van der Waals surface area contributed by atoms with Gasteiger partial charge in [-0.15, -0.1) is 0 Å². The number of rotatable bonds is 2. The number of carbonyl (C=O) groups is 1. The maximum absolute atomic E-state index is 13.4. The van der Waals surface area contributed by atoms with Gasteiger partial charge in [0, 0.05) is 23.9 Å². The van der Waals surface area contributed by atoms with Gasteiger partial charge in [0.25, 0.3) is 0 Å². The first kappa shape index (κ1) is 14.9. The molecule has 5 fully saturated rings. The normalized spacial score (nSPS) is 38.9. The fraction of sp³-hybridized carbons (Fsp3) is 0.650. The molecule has 5 aliphatic rings. The molecule has 0 aromatic heterocycles. The molecule has 4 aliphatic heterocycles. The molecular weight excluding hydrogens is 303 g/mol. The van der Waals surface area contributed by atoms with E-state index in [4.69, 9.17) is 0 Å². The van der Waals surface area contributed by atoms with Gasteiger partial charge in [0.2, 0.25) is 5.91 Å². The Morgan fingerprint density at radius 1 is 1.12 bits per heavy atom. The molecular formula is C20H25FN2O. The summed E-state index contributed by atoms with van der Waals surface area (Å²) in [7, 11) is 0. The van der Waals surface area contributed by atoms with Crippen molar-refractivity contribution in [1.29, 1.82) is 0 Å². The van der Waals surface area contributed by atoms with Crippen LogP contribution in [0.25, 0.3) is 0 Å². The molecule has 1 saturated carbocycles. The molecule has 3 atom stereocenters. The fourth-order valence-electron chi connectivity index (χ4n) is 5.41. The van der Waals surface area contributed by atoms with E-state index < -0.39 is 0 Å². The maximum atomic E-state index is 13.4. The van der Waals surface area contributed by atoms with Crippen molar-refractivity contribution in [2.45, 2.75) is 50.6 Å². The third kappa shape index (κ3) is 2.08. The Labute approximate surface area is 142 Å². The molecule has 1 aromatic rings. The van der Waals surface area contributed by atoms with E-state index in [0.29, 0.717) is 29.8 Å². The van der Waals surface area contributed by atoms with Crippen molar-refractivity contribution in [3.8, 4) is 0 Å². The lowest BCUT2D eigenvalue weighted by Gasteiger charge is -2.51. The first-order valence-electron chi connectivity index (χ1n) is 9.37. The van der Waals surface area contributed by atoms with E-state index in [2.05, 4.69) is 16.7 Å². The van der Waals surface area contributed by atoms with Gasteiger partial charge in [-0.1, -0.05) is 19.1 Å². The van der Waals surface area contributed by atoms with Gasteiger partial charge in [-0.3, -0.25) is 9.69 Å². The van der Waals surface area contributed by atoms with E-state index >= 15 is 0 Å². The minimum atomic E-state index is -0.183. The third-order valence-electron chi connectivity index (χ3n) is 7.07. The summed E-state index contributed by atoms with van der Waals surface area (Å²) in [4.78, 5) is 18.0. The molecule has 0 radical (unpaired) electrons. The summed E-state index contributed by atoms with van der Waals surface area (Å²) in [5.41, 5.74) is 1.09. The molecule has 128 valence electrons. The first-order valence-corrected chi connectivity index (χ1v) is 9.37. The number of likely N-dealkylation sites (tertiary alicyclic amines) is 1. The SMILES string of the molecule is CC1(C(=O)N2C[C@@H](c3ccc(F)cc3)[C@@H]3[C@H]2C2CCN3CC2)CC1. The van der Waals surface area contributed by atoms with Gasteiger partial charge >= 0.3 is 0 Å². The highest BCUT2D eigenvalue weighted by Crippen LogP contribution is 2.52. The van der Waals surface area contributed by atoms with Gasteiger partial charge < -0.3 is 4.90 Å². The Balaban J connectivity index is 1.52. The fourth-order valence-corrected chi connectivity index (χ4v) is 5.41. The van der Waals surface area contributed by atoms with Crippen LogP contribution < -0.4 is 0 Å². The van der Waals surface area contributed by atoms with Crippen LogP contribution in [0.4, 0.5) is 4.39 Å². The zero-order valence-electron chi connectivity index (χ0n) is 14.2. The van der Waals surface area contributed by atoms with Crippen LogP contribution in [0, 0.1) is 17.2 Å². The topological polar surface area (TPSA) is 23.6 Å². The molecule has 0 N–H and O–H groups in total. The number of piperidine rings is 3.